The van der Waals surface area contributed by atoms with E-state index in [1.54, 1.807) is 0 Å². The first-order chi connectivity index (χ1) is 8.52. The van der Waals surface area contributed by atoms with Gasteiger partial charge in [-0.25, -0.2) is 0 Å². The molecule has 1 rings (SSSR count). The van der Waals surface area contributed by atoms with Crippen LogP contribution in [0.1, 0.15) is 45.7 Å². The van der Waals surface area contributed by atoms with Gasteiger partial charge >= 0.3 is 0 Å². The topological polar surface area (TPSA) is 41.5 Å². The fourth-order valence-corrected chi connectivity index (χ4v) is 1.68. The van der Waals surface area contributed by atoms with Crippen LogP contribution in [0.4, 0.5) is 0 Å². The van der Waals surface area contributed by atoms with E-state index >= 15 is 0 Å². The number of ether oxygens (including phenoxy) is 1. The summed E-state index contributed by atoms with van der Waals surface area (Å²) in [4.78, 5) is 0. The van der Waals surface area contributed by atoms with Crippen LogP contribution in [-0.4, -0.2) is 23.9 Å². The molecule has 2 N–H and O–H groups in total. The molecule has 0 saturated heterocycles. The van der Waals surface area contributed by atoms with Crippen LogP contribution < -0.4 is 10.1 Å². The van der Waals surface area contributed by atoms with Crippen LogP contribution in [0.3, 0.4) is 0 Å². The molecule has 0 aliphatic heterocycles. The van der Waals surface area contributed by atoms with Crippen molar-refractivity contribution >= 4 is 0 Å². The summed E-state index contributed by atoms with van der Waals surface area (Å²) in [7, 11) is 0. The van der Waals surface area contributed by atoms with Crippen LogP contribution in [-0.2, 0) is 0 Å². The Labute approximate surface area is 110 Å². The quantitative estimate of drug-likeness (QED) is 0.783. The van der Waals surface area contributed by atoms with E-state index in [0.717, 1.165) is 12.2 Å². The van der Waals surface area contributed by atoms with Gasteiger partial charge in [-0.05, 0) is 44.9 Å². The van der Waals surface area contributed by atoms with E-state index in [0.29, 0.717) is 6.54 Å². The van der Waals surface area contributed by atoms with E-state index in [1.165, 1.54) is 5.56 Å². The van der Waals surface area contributed by atoms with Gasteiger partial charge in [0.15, 0.2) is 0 Å². The lowest BCUT2D eigenvalue weighted by molar-refractivity contribution is 0.163. The summed E-state index contributed by atoms with van der Waals surface area (Å²) in [6.45, 7) is 8.74. The summed E-state index contributed by atoms with van der Waals surface area (Å²) in [5.41, 5.74) is 1.20. The second kappa shape index (κ2) is 7.39. The Balaban J connectivity index is 2.50. The Kier molecular flexibility index (Phi) is 6.16. The fraction of sp³-hybridized carbons (Fsp3) is 0.600. The predicted octanol–water partition coefficient (Wildman–Crippen LogP) is 2.90. The maximum Gasteiger partial charge on any atom is 0.119 e. The molecule has 102 valence electrons. The molecule has 0 aliphatic carbocycles. The third-order valence-corrected chi connectivity index (χ3v) is 2.88. The summed E-state index contributed by atoms with van der Waals surface area (Å²) >= 11 is 0. The highest BCUT2D eigenvalue weighted by atomic mass is 16.5. The minimum absolute atomic E-state index is 0.200. The van der Waals surface area contributed by atoms with Gasteiger partial charge < -0.3 is 15.2 Å². The van der Waals surface area contributed by atoms with E-state index < -0.39 is 0 Å². The van der Waals surface area contributed by atoms with Crippen LogP contribution in [0.25, 0.3) is 0 Å². The summed E-state index contributed by atoms with van der Waals surface area (Å²) in [5.74, 6) is 0.898. The van der Waals surface area contributed by atoms with Crippen molar-refractivity contribution in [1.29, 1.82) is 0 Å². The zero-order chi connectivity index (χ0) is 13.5. The Morgan fingerprint density at radius 2 is 1.78 bits per heavy atom. The van der Waals surface area contributed by atoms with E-state index in [9.17, 15) is 5.11 Å². The number of rotatable bonds is 7. The van der Waals surface area contributed by atoms with E-state index in [1.807, 2.05) is 32.9 Å². The Morgan fingerprint density at radius 3 is 2.28 bits per heavy atom. The molecule has 0 spiro atoms. The maximum absolute atomic E-state index is 9.51. The van der Waals surface area contributed by atoms with Crippen LogP contribution in [0.15, 0.2) is 24.3 Å². The average Bonchev–Trinajstić information content (AvgIpc) is 2.35. The number of benzene rings is 1. The number of nitrogens with one attached hydrogen (secondary N) is 1. The van der Waals surface area contributed by atoms with Gasteiger partial charge in [0, 0.05) is 12.6 Å². The van der Waals surface area contributed by atoms with Crippen molar-refractivity contribution in [1.82, 2.24) is 5.32 Å². The molecule has 0 amide bonds. The molecule has 0 radical (unpaired) electrons. The van der Waals surface area contributed by atoms with Crippen molar-refractivity contribution in [3.63, 3.8) is 0 Å². The van der Waals surface area contributed by atoms with Crippen LogP contribution >= 0.6 is 0 Å². The summed E-state index contributed by atoms with van der Waals surface area (Å²) in [5, 5.41) is 12.8. The van der Waals surface area contributed by atoms with E-state index in [2.05, 4.69) is 24.4 Å². The van der Waals surface area contributed by atoms with Crippen molar-refractivity contribution < 1.29 is 9.84 Å². The van der Waals surface area contributed by atoms with E-state index in [-0.39, 0.29) is 18.2 Å². The van der Waals surface area contributed by atoms with Gasteiger partial charge in [-0.3, -0.25) is 0 Å². The fourth-order valence-electron chi connectivity index (χ4n) is 1.68. The monoisotopic (exact) mass is 251 g/mol. The van der Waals surface area contributed by atoms with Crippen molar-refractivity contribution in [3.05, 3.63) is 29.8 Å². The molecule has 18 heavy (non-hydrogen) atoms. The van der Waals surface area contributed by atoms with Gasteiger partial charge in [0.05, 0.1) is 12.2 Å². The lowest BCUT2D eigenvalue weighted by Crippen LogP contribution is -2.28. The standard InChI is InChI=1S/C15H25NO2/c1-5-14(17)10-16-12(4)13-6-8-15(9-7-13)18-11(2)3/h6-9,11-12,14,16-17H,5,10H2,1-4H3. The van der Waals surface area contributed by atoms with Crippen LogP contribution in [0, 0.1) is 0 Å². The predicted molar refractivity (Wildman–Crippen MR) is 74.9 cm³/mol. The molecule has 2 unspecified atom stereocenters. The van der Waals surface area contributed by atoms with Gasteiger partial charge in [-0.2, -0.15) is 0 Å². The van der Waals surface area contributed by atoms with Gasteiger partial charge in [-0.1, -0.05) is 19.1 Å². The van der Waals surface area contributed by atoms with Gasteiger partial charge in [-0.15, -0.1) is 0 Å². The van der Waals surface area contributed by atoms with Crippen LogP contribution in [0.2, 0.25) is 0 Å². The molecule has 3 heteroatoms. The average molecular weight is 251 g/mol. The molecule has 0 heterocycles. The van der Waals surface area contributed by atoms with Gasteiger partial charge in [0.25, 0.3) is 0 Å². The molecule has 0 fully saturated rings. The van der Waals surface area contributed by atoms with Crippen molar-refractivity contribution in [2.45, 2.75) is 52.4 Å². The van der Waals surface area contributed by atoms with Crippen molar-refractivity contribution in [2.24, 2.45) is 0 Å². The molecular weight excluding hydrogens is 226 g/mol. The third kappa shape index (κ3) is 5.07. The minimum Gasteiger partial charge on any atom is -0.491 e. The molecule has 2 atom stereocenters. The minimum atomic E-state index is -0.268. The highest BCUT2D eigenvalue weighted by Gasteiger charge is 2.07. The van der Waals surface area contributed by atoms with Gasteiger partial charge in [0.2, 0.25) is 0 Å². The van der Waals surface area contributed by atoms with Gasteiger partial charge in [0.1, 0.15) is 5.75 Å². The zero-order valence-corrected chi connectivity index (χ0v) is 11.8. The first-order valence-electron chi connectivity index (χ1n) is 6.71. The first kappa shape index (κ1) is 15.0. The van der Waals surface area contributed by atoms with Crippen molar-refractivity contribution in [2.75, 3.05) is 6.54 Å². The summed E-state index contributed by atoms with van der Waals surface area (Å²) < 4.78 is 5.60. The molecule has 0 saturated carbocycles. The SMILES string of the molecule is CCC(O)CNC(C)c1ccc(OC(C)C)cc1. The number of aliphatic hydroxyl groups excluding tert-OH is 1. The first-order valence-corrected chi connectivity index (χ1v) is 6.71. The third-order valence-electron chi connectivity index (χ3n) is 2.88. The molecule has 0 aromatic heterocycles. The van der Waals surface area contributed by atoms with Crippen molar-refractivity contribution in [3.8, 4) is 5.75 Å². The smallest absolute Gasteiger partial charge is 0.119 e. The normalized spacial score (nSPS) is 14.6. The second-order valence-corrected chi connectivity index (χ2v) is 4.93. The second-order valence-electron chi connectivity index (χ2n) is 4.93. The molecule has 0 bridgehead atoms. The molecular formula is C15H25NO2. The number of hydrogen-bond acceptors (Lipinski definition) is 3. The summed E-state index contributed by atoms with van der Waals surface area (Å²) in [6.07, 6.45) is 0.711. The molecule has 1 aromatic rings. The molecule has 1 aromatic carbocycles. The highest BCUT2D eigenvalue weighted by Crippen LogP contribution is 2.18. The largest absolute Gasteiger partial charge is 0.491 e. The highest BCUT2D eigenvalue weighted by molar-refractivity contribution is 5.29. The Morgan fingerprint density at radius 1 is 1.17 bits per heavy atom. The van der Waals surface area contributed by atoms with E-state index in [4.69, 9.17) is 4.74 Å². The van der Waals surface area contributed by atoms with Crippen LogP contribution in [0.5, 0.6) is 5.75 Å². The zero-order valence-electron chi connectivity index (χ0n) is 11.8. The summed E-state index contributed by atoms with van der Waals surface area (Å²) in [6, 6.07) is 8.34. The molecule has 0 aliphatic rings. The lowest BCUT2D eigenvalue weighted by atomic mass is 10.1. The Bertz CT molecular complexity index is 335. The number of aliphatic hydroxyl groups is 1. The Hall–Kier alpha value is -1.06. The number of hydrogen-bond donors (Lipinski definition) is 2. The lowest BCUT2D eigenvalue weighted by Gasteiger charge is -2.17. The molecule has 3 nitrogen and oxygen atoms in total. The maximum atomic E-state index is 9.51.